The molecule has 1 aliphatic heterocycles. The lowest BCUT2D eigenvalue weighted by Gasteiger charge is -2.46. The summed E-state index contributed by atoms with van der Waals surface area (Å²) in [6.07, 6.45) is -4.52. The second kappa shape index (κ2) is 2.86. The third kappa shape index (κ3) is 1.55. The Morgan fingerprint density at radius 1 is 1.42 bits per heavy atom. The molecule has 0 atom stereocenters. The predicted molar refractivity (Wildman–Crippen MR) is 36.5 cm³/mol. The van der Waals surface area contributed by atoms with E-state index >= 15 is 0 Å². The Balaban J connectivity index is 2.40. The van der Waals surface area contributed by atoms with Gasteiger partial charge in [-0.2, -0.15) is 13.2 Å². The van der Waals surface area contributed by atoms with Crippen LogP contribution in [-0.2, 0) is 0 Å². The number of β-amino-alcohol motifs (C(OH)–C–C–N with tert-alkyl or cyclic N) is 1. The number of nitrogens with two attached hydrogens (primary N) is 1. The Kier molecular flexibility index (Phi) is 2.33. The van der Waals surface area contributed by atoms with Gasteiger partial charge < -0.3 is 10.8 Å². The number of rotatable bonds is 2. The molecular formula is C6H11F3N2O. The quantitative estimate of drug-likeness (QED) is 0.611. The van der Waals surface area contributed by atoms with Crippen LogP contribution in [0.5, 0.6) is 0 Å². The first-order valence-electron chi connectivity index (χ1n) is 3.60. The molecular weight excluding hydrogens is 173 g/mol. The Bertz CT molecular complexity index is 165. The molecule has 3 nitrogen and oxygen atoms in total. The molecule has 0 amide bonds. The second-order valence-electron chi connectivity index (χ2n) is 3.03. The Morgan fingerprint density at radius 3 is 2.25 bits per heavy atom. The van der Waals surface area contributed by atoms with Crippen molar-refractivity contribution in [3.05, 3.63) is 0 Å². The fourth-order valence-electron chi connectivity index (χ4n) is 1.21. The lowest BCUT2D eigenvalue weighted by atomic mass is 9.94. The maximum absolute atomic E-state index is 12.0. The van der Waals surface area contributed by atoms with Gasteiger partial charge in [0, 0.05) is 26.2 Å². The minimum Gasteiger partial charge on any atom is -0.378 e. The largest absolute Gasteiger partial charge is 0.419 e. The summed E-state index contributed by atoms with van der Waals surface area (Å²) in [7, 11) is 0. The highest BCUT2D eigenvalue weighted by atomic mass is 19.4. The molecule has 0 aromatic heterocycles. The second-order valence-corrected chi connectivity index (χ2v) is 3.03. The van der Waals surface area contributed by atoms with Gasteiger partial charge in [0.1, 0.15) is 0 Å². The lowest BCUT2D eigenvalue weighted by molar-refractivity contribution is -0.301. The highest BCUT2D eigenvalue weighted by Crippen LogP contribution is 2.37. The molecule has 0 saturated carbocycles. The van der Waals surface area contributed by atoms with Crippen molar-refractivity contribution < 1.29 is 18.3 Å². The van der Waals surface area contributed by atoms with E-state index in [1.54, 1.807) is 0 Å². The van der Waals surface area contributed by atoms with Crippen molar-refractivity contribution in [2.45, 2.75) is 11.8 Å². The van der Waals surface area contributed by atoms with Crippen molar-refractivity contribution in [2.75, 3.05) is 26.2 Å². The number of hydrogen-bond acceptors (Lipinski definition) is 3. The molecule has 0 aromatic rings. The van der Waals surface area contributed by atoms with E-state index in [4.69, 9.17) is 10.8 Å². The number of halogens is 3. The molecule has 1 saturated heterocycles. The van der Waals surface area contributed by atoms with Gasteiger partial charge in [-0.25, -0.2) is 0 Å². The maximum Gasteiger partial charge on any atom is 0.419 e. The molecule has 72 valence electrons. The van der Waals surface area contributed by atoms with Crippen molar-refractivity contribution in [1.29, 1.82) is 0 Å². The predicted octanol–water partition coefficient (Wildman–Crippen LogP) is -0.446. The Morgan fingerprint density at radius 2 is 1.92 bits per heavy atom. The van der Waals surface area contributed by atoms with Gasteiger partial charge in [0.2, 0.25) is 0 Å². The highest BCUT2D eigenvalue weighted by Gasteiger charge is 2.60. The molecule has 0 aromatic carbocycles. The van der Waals surface area contributed by atoms with Gasteiger partial charge in [-0.05, 0) is 0 Å². The molecule has 0 radical (unpaired) electrons. The monoisotopic (exact) mass is 184 g/mol. The van der Waals surface area contributed by atoms with E-state index in [0.29, 0.717) is 13.1 Å². The minimum absolute atomic E-state index is 0.313. The van der Waals surface area contributed by atoms with Crippen LogP contribution < -0.4 is 5.73 Å². The summed E-state index contributed by atoms with van der Waals surface area (Å²) in [6, 6.07) is 0. The number of alkyl halides is 3. The van der Waals surface area contributed by atoms with Crippen LogP contribution in [0.3, 0.4) is 0 Å². The first kappa shape index (κ1) is 9.76. The molecule has 1 aliphatic rings. The van der Waals surface area contributed by atoms with Crippen LogP contribution in [0, 0.1) is 0 Å². The zero-order valence-electron chi connectivity index (χ0n) is 6.43. The van der Waals surface area contributed by atoms with Crippen molar-refractivity contribution in [1.82, 2.24) is 4.90 Å². The van der Waals surface area contributed by atoms with E-state index in [9.17, 15) is 13.2 Å². The fraction of sp³-hybridized carbons (Fsp3) is 1.00. The molecule has 1 heterocycles. The number of nitrogens with zero attached hydrogens (tertiary/aromatic N) is 1. The molecule has 0 bridgehead atoms. The highest BCUT2D eigenvalue weighted by molar-refractivity contribution is 5.00. The number of hydrogen-bond donors (Lipinski definition) is 2. The third-order valence-electron chi connectivity index (χ3n) is 1.94. The smallest absolute Gasteiger partial charge is 0.378 e. The zero-order valence-corrected chi connectivity index (χ0v) is 6.43. The van der Waals surface area contributed by atoms with E-state index in [0.717, 1.165) is 0 Å². The van der Waals surface area contributed by atoms with Crippen LogP contribution in [-0.4, -0.2) is 48.0 Å². The lowest BCUT2D eigenvalue weighted by Crippen LogP contribution is -2.69. The van der Waals surface area contributed by atoms with E-state index in [1.165, 1.54) is 4.90 Å². The molecule has 1 fully saturated rings. The van der Waals surface area contributed by atoms with Crippen molar-refractivity contribution in [3.63, 3.8) is 0 Å². The number of likely N-dealkylation sites (tertiary alicyclic amines) is 1. The van der Waals surface area contributed by atoms with E-state index in [2.05, 4.69) is 0 Å². The van der Waals surface area contributed by atoms with Crippen molar-refractivity contribution in [3.8, 4) is 0 Å². The number of aliphatic hydroxyl groups is 1. The summed E-state index contributed by atoms with van der Waals surface area (Å²) in [6.45, 7) is 0.00767. The molecule has 0 unspecified atom stereocenters. The fourth-order valence-corrected chi connectivity index (χ4v) is 1.21. The Labute approximate surface area is 67.9 Å². The normalized spacial score (nSPS) is 23.8. The van der Waals surface area contributed by atoms with Gasteiger partial charge in [-0.15, -0.1) is 0 Å². The molecule has 0 spiro atoms. The first-order chi connectivity index (χ1) is 5.39. The maximum atomic E-state index is 12.0. The third-order valence-corrected chi connectivity index (χ3v) is 1.94. The molecule has 1 rings (SSSR count). The van der Waals surface area contributed by atoms with Gasteiger partial charge in [-0.3, -0.25) is 4.90 Å². The van der Waals surface area contributed by atoms with Gasteiger partial charge >= 0.3 is 6.18 Å². The van der Waals surface area contributed by atoms with E-state index < -0.39 is 11.8 Å². The average Bonchev–Trinajstić information content (AvgIpc) is 1.82. The van der Waals surface area contributed by atoms with Gasteiger partial charge in [0.15, 0.2) is 5.60 Å². The SMILES string of the molecule is NCCN1CC(O)(C(F)(F)F)C1. The van der Waals surface area contributed by atoms with E-state index in [1.807, 2.05) is 0 Å². The minimum atomic E-state index is -4.52. The zero-order chi connectivity index (χ0) is 9.41. The summed E-state index contributed by atoms with van der Waals surface area (Å²) >= 11 is 0. The average molecular weight is 184 g/mol. The first-order valence-corrected chi connectivity index (χ1v) is 3.60. The van der Waals surface area contributed by atoms with E-state index in [-0.39, 0.29) is 13.1 Å². The van der Waals surface area contributed by atoms with Gasteiger partial charge in [0.05, 0.1) is 0 Å². The molecule has 0 aliphatic carbocycles. The summed E-state index contributed by atoms with van der Waals surface area (Å²) in [5.41, 5.74) is 2.63. The standard InChI is InChI=1S/C6H11F3N2O/c7-6(8,9)5(12)3-11(4-5)2-1-10/h12H,1-4,10H2. The summed E-state index contributed by atoms with van der Waals surface area (Å²) in [5.74, 6) is 0. The molecule has 3 N–H and O–H groups in total. The van der Waals surface area contributed by atoms with Crippen LogP contribution in [0.4, 0.5) is 13.2 Å². The molecule has 12 heavy (non-hydrogen) atoms. The van der Waals surface area contributed by atoms with Crippen LogP contribution in [0.2, 0.25) is 0 Å². The summed E-state index contributed by atoms with van der Waals surface area (Å²) in [4.78, 5) is 1.47. The van der Waals surface area contributed by atoms with Gasteiger partial charge in [0.25, 0.3) is 0 Å². The van der Waals surface area contributed by atoms with Crippen LogP contribution in [0.15, 0.2) is 0 Å². The molecule has 6 heteroatoms. The van der Waals surface area contributed by atoms with Gasteiger partial charge in [-0.1, -0.05) is 0 Å². The van der Waals surface area contributed by atoms with Crippen molar-refractivity contribution in [2.24, 2.45) is 5.73 Å². The summed E-state index contributed by atoms with van der Waals surface area (Å²) in [5, 5.41) is 8.94. The summed E-state index contributed by atoms with van der Waals surface area (Å²) < 4.78 is 36.0. The van der Waals surface area contributed by atoms with Crippen molar-refractivity contribution >= 4 is 0 Å². The van der Waals surface area contributed by atoms with Crippen LogP contribution in [0.1, 0.15) is 0 Å². The topological polar surface area (TPSA) is 49.5 Å². The van der Waals surface area contributed by atoms with Crippen LogP contribution in [0.25, 0.3) is 0 Å². The van der Waals surface area contributed by atoms with Crippen LogP contribution >= 0.6 is 0 Å². The Hall–Kier alpha value is -0.330.